The molecule has 1 aromatic carbocycles. The number of likely N-dealkylation sites (tertiary alicyclic amines) is 1. The van der Waals surface area contributed by atoms with E-state index in [1.54, 1.807) is 22.6 Å². The maximum atomic E-state index is 13.4. The number of rotatable bonds is 4. The van der Waals surface area contributed by atoms with E-state index in [1.807, 2.05) is 13.8 Å². The van der Waals surface area contributed by atoms with E-state index in [0.29, 0.717) is 35.1 Å². The maximum absolute atomic E-state index is 13.4. The average Bonchev–Trinajstić information content (AvgIpc) is 2.87. The van der Waals surface area contributed by atoms with Crippen molar-refractivity contribution in [2.45, 2.75) is 20.3 Å². The van der Waals surface area contributed by atoms with Gasteiger partial charge in [-0.05, 0) is 36.5 Å². The van der Waals surface area contributed by atoms with Crippen LogP contribution in [0.3, 0.4) is 0 Å². The first-order valence-corrected chi connectivity index (χ1v) is 12.0. The number of hydrogen-bond acceptors (Lipinski definition) is 5. The number of amides is 2. The highest BCUT2D eigenvalue weighted by Crippen LogP contribution is 2.21. The van der Waals surface area contributed by atoms with E-state index in [9.17, 15) is 22.4 Å². The molecule has 1 saturated heterocycles. The van der Waals surface area contributed by atoms with E-state index < -0.39 is 39.0 Å². The van der Waals surface area contributed by atoms with Gasteiger partial charge in [0.25, 0.3) is 5.91 Å². The van der Waals surface area contributed by atoms with Crippen molar-refractivity contribution in [1.29, 1.82) is 0 Å². The summed E-state index contributed by atoms with van der Waals surface area (Å²) in [4.78, 5) is 30.4. The van der Waals surface area contributed by atoms with Gasteiger partial charge in [-0.2, -0.15) is 4.99 Å². The van der Waals surface area contributed by atoms with E-state index in [2.05, 4.69) is 4.99 Å². The Bertz CT molecular complexity index is 1110. The molecule has 10 heteroatoms. The lowest BCUT2D eigenvalue weighted by molar-refractivity contribution is -0.131. The monoisotopic (exact) mass is 441 g/mol. The fourth-order valence-corrected chi connectivity index (χ4v) is 5.90. The van der Waals surface area contributed by atoms with Crippen LogP contribution in [0, 0.1) is 17.7 Å². The Hall–Kier alpha value is -2.07. The standard InChI is InChI=1S/C19H24FN3O4S2/c1-12-6-13(2)9-23(8-12)18(25)11-29(26,27)10-17(24)21-19-22(3)15-5-4-14(20)7-16(15)28-19/h4-5,7,12-13H,6,8-11H2,1-3H3. The summed E-state index contributed by atoms with van der Waals surface area (Å²) in [5.41, 5.74) is 0.689. The van der Waals surface area contributed by atoms with Gasteiger partial charge in [-0.15, -0.1) is 0 Å². The molecular weight excluding hydrogens is 417 g/mol. The summed E-state index contributed by atoms with van der Waals surface area (Å²) in [6.45, 7) is 5.13. The Morgan fingerprint density at radius 3 is 2.52 bits per heavy atom. The van der Waals surface area contributed by atoms with E-state index >= 15 is 0 Å². The molecule has 1 aromatic heterocycles. The first kappa shape index (κ1) is 21.6. The summed E-state index contributed by atoms with van der Waals surface area (Å²) < 4.78 is 40.3. The lowest BCUT2D eigenvalue weighted by atomic mass is 9.92. The summed E-state index contributed by atoms with van der Waals surface area (Å²) in [7, 11) is -2.27. The second kappa shape index (κ2) is 8.35. The second-order valence-electron chi connectivity index (χ2n) is 7.84. The third-order valence-electron chi connectivity index (χ3n) is 4.90. The van der Waals surface area contributed by atoms with Gasteiger partial charge in [0.15, 0.2) is 14.6 Å². The first-order chi connectivity index (χ1) is 13.5. The number of carbonyl (C=O) groups excluding carboxylic acids is 2. The Morgan fingerprint density at radius 2 is 1.86 bits per heavy atom. The highest BCUT2D eigenvalue weighted by atomic mass is 32.2. The molecule has 2 aromatic rings. The number of hydrogen-bond donors (Lipinski definition) is 0. The van der Waals surface area contributed by atoms with Crippen LogP contribution >= 0.6 is 11.3 Å². The minimum absolute atomic E-state index is 0.274. The summed E-state index contributed by atoms with van der Waals surface area (Å²) in [5, 5.41) is 0. The highest BCUT2D eigenvalue weighted by molar-refractivity contribution is 7.92. The van der Waals surface area contributed by atoms with Gasteiger partial charge in [-0.25, -0.2) is 12.8 Å². The number of halogens is 1. The van der Waals surface area contributed by atoms with E-state index in [-0.39, 0.29) is 4.80 Å². The minimum atomic E-state index is -3.93. The summed E-state index contributed by atoms with van der Waals surface area (Å²) in [6.07, 6.45) is 1.00. The van der Waals surface area contributed by atoms with Crippen LogP contribution in [0.4, 0.5) is 4.39 Å². The van der Waals surface area contributed by atoms with Crippen molar-refractivity contribution in [3.63, 3.8) is 0 Å². The maximum Gasteiger partial charge on any atom is 0.263 e. The van der Waals surface area contributed by atoms with Crippen LogP contribution in [-0.4, -0.2) is 54.3 Å². The van der Waals surface area contributed by atoms with Gasteiger partial charge < -0.3 is 9.47 Å². The number of aryl methyl sites for hydroxylation is 1. The predicted octanol–water partition coefficient (Wildman–Crippen LogP) is 1.73. The quantitative estimate of drug-likeness (QED) is 0.723. The Labute approximate surface area is 172 Å². The number of benzene rings is 1. The first-order valence-electron chi connectivity index (χ1n) is 9.35. The Balaban J connectivity index is 1.72. The van der Waals surface area contributed by atoms with Crippen LogP contribution in [0.2, 0.25) is 0 Å². The van der Waals surface area contributed by atoms with Crippen molar-refractivity contribution in [1.82, 2.24) is 9.47 Å². The topological polar surface area (TPSA) is 88.8 Å². The molecule has 0 radical (unpaired) electrons. The SMILES string of the molecule is CC1CC(C)CN(C(=O)CS(=O)(=O)CC(=O)N=c2sc3cc(F)ccc3n2C)C1. The van der Waals surface area contributed by atoms with Gasteiger partial charge in [0.1, 0.15) is 17.3 Å². The summed E-state index contributed by atoms with van der Waals surface area (Å²) in [6, 6.07) is 4.21. The van der Waals surface area contributed by atoms with Crippen LogP contribution in [-0.2, 0) is 26.5 Å². The second-order valence-corrected chi connectivity index (χ2v) is 10.9. The van der Waals surface area contributed by atoms with Crippen molar-refractivity contribution >= 4 is 43.2 Å². The Morgan fingerprint density at radius 1 is 1.21 bits per heavy atom. The van der Waals surface area contributed by atoms with Gasteiger partial charge in [0, 0.05) is 20.1 Å². The van der Waals surface area contributed by atoms with Crippen LogP contribution < -0.4 is 4.80 Å². The number of nitrogens with zero attached hydrogens (tertiary/aromatic N) is 3. The molecule has 0 N–H and O–H groups in total. The van der Waals surface area contributed by atoms with Crippen LogP contribution in [0.5, 0.6) is 0 Å². The predicted molar refractivity (Wildman–Crippen MR) is 110 cm³/mol. The summed E-state index contributed by atoms with van der Waals surface area (Å²) >= 11 is 1.09. The molecule has 0 bridgehead atoms. The molecule has 7 nitrogen and oxygen atoms in total. The van der Waals surface area contributed by atoms with Crippen molar-refractivity contribution in [3.8, 4) is 0 Å². The molecule has 158 valence electrons. The third kappa shape index (κ3) is 5.30. The molecule has 2 heterocycles. The van der Waals surface area contributed by atoms with Gasteiger partial charge in [0.2, 0.25) is 5.91 Å². The zero-order chi connectivity index (χ0) is 21.3. The van der Waals surface area contributed by atoms with Crippen molar-refractivity contribution in [2.24, 2.45) is 23.9 Å². The van der Waals surface area contributed by atoms with E-state index in [0.717, 1.165) is 17.8 Å². The number of fused-ring (bicyclic) bond motifs is 1. The molecule has 1 aliphatic rings. The summed E-state index contributed by atoms with van der Waals surface area (Å²) in [5.74, 6) is -2.61. The zero-order valence-corrected chi connectivity index (χ0v) is 18.2. The zero-order valence-electron chi connectivity index (χ0n) is 16.6. The molecule has 1 aliphatic heterocycles. The van der Waals surface area contributed by atoms with Crippen molar-refractivity contribution in [3.05, 3.63) is 28.8 Å². The number of carbonyl (C=O) groups is 2. The number of aromatic nitrogens is 1. The molecule has 2 atom stereocenters. The van der Waals surface area contributed by atoms with E-state index in [1.165, 1.54) is 12.1 Å². The fourth-order valence-electron chi connectivity index (χ4n) is 3.74. The highest BCUT2D eigenvalue weighted by Gasteiger charge is 2.29. The van der Waals surface area contributed by atoms with Crippen LogP contribution in [0.15, 0.2) is 23.2 Å². The fraction of sp³-hybridized carbons (Fsp3) is 0.526. The molecule has 2 unspecified atom stereocenters. The lowest BCUT2D eigenvalue weighted by Crippen LogP contribution is -2.45. The lowest BCUT2D eigenvalue weighted by Gasteiger charge is -2.34. The largest absolute Gasteiger partial charge is 0.341 e. The Kier molecular flexibility index (Phi) is 6.23. The number of sulfone groups is 1. The molecule has 0 spiro atoms. The normalized spacial score (nSPS) is 21.0. The van der Waals surface area contributed by atoms with Crippen molar-refractivity contribution < 1.29 is 22.4 Å². The van der Waals surface area contributed by atoms with Gasteiger partial charge in [-0.1, -0.05) is 25.2 Å². The average molecular weight is 442 g/mol. The van der Waals surface area contributed by atoms with Gasteiger partial charge in [-0.3, -0.25) is 9.59 Å². The molecule has 29 heavy (non-hydrogen) atoms. The molecular formula is C19H24FN3O4S2. The van der Waals surface area contributed by atoms with Gasteiger partial charge >= 0.3 is 0 Å². The third-order valence-corrected chi connectivity index (χ3v) is 7.37. The van der Waals surface area contributed by atoms with E-state index in [4.69, 9.17) is 0 Å². The molecule has 3 rings (SSSR count). The van der Waals surface area contributed by atoms with Crippen molar-refractivity contribution in [2.75, 3.05) is 24.6 Å². The molecule has 1 fully saturated rings. The van der Waals surface area contributed by atoms with Crippen LogP contribution in [0.1, 0.15) is 20.3 Å². The number of piperidine rings is 1. The number of thiazole rings is 1. The van der Waals surface area contributed by atoms with Crippen LogP contribution in [0.25, 0.3) is 10.2 Å². The molecule has 2 amide bonds. The smallest absolute Gasteiger partial charge is 0.263 e. The minimum Gasteiger partial charge on any atom is -0.341 e. The molecule has 0 aliphatic carbocycles. The molecule has 0 saturated carbocycles. The van der Waals surface area contributed by atoms with Gasteiger partial charge in [0.05, 0.1) is 10.2 Å².